The number of ether oxygens (including phenoxy) is 1. The van der Waals surface area contributed by atoms with E-state index in [4.69, 9.17) is 11.6 Å². The number of amides is 1. The molecule has 1 heterocycles. The standard InChI is InChI=1S/C9H7ClFNO2/c10-6-1-5(2-7(11)3-6)8-4-14-9(13)12-8/h1-3,8H,4H2,(H,12,13)/t8-/m0/s1. The molecule has 0 radical (unpaired) electrons. The van der Waals surface area contributed by atoms with Gasteiger partial charge >= 0.3 is 6.09 Å². The van der Waals surface area contributed by atoms with Gasteiger partial charge < -0.3 is 10.1 Å². The number of alkyl carbamates (subject to hydrolysis) is 1. The van der Waals surface area contributed by atoms with Crippen LogP contribution in [-0.2, 0) is 4.74 Å². The van der Waals surface area contributed by atoms with Crippen molar-refractivity contribution in [1.82, 2.24) is 5.32 Å². The van der Waals surface area contributed by atoms with Crippen molar-refractivity contribution >= 4 is 17.7 Å². The molecule has 5 heteroatoms. The van der Waals surface area contributed by atoms with Crippen molar-refractivity contribution in [3.63, 3.8) is 0 Å². The summed E-state index contributed by atoms with van der Waals surface area (Å²) in [5.74, 6) is -0.423. The summed E-state index contributed by atoms with van der Waals surface area (Å²) in [6.07, 6.45) is -0.490. The van der Waals surface area contributed by atoms with E-state index in [9.17, 15) is 9.18 Å². The number of hydrogen-bond acceptors (Lipinski definition) is 2. The summed E-state index contributed by atoms with van der Waals surface area (Å²) in [4.78, 5) is 10.7. The van der Waals surface area contributed by atoms with Crippen LogP contribution in [0.2, 0.25) is 5.02 Å². The lowest BCUT2D eigenvalue weighted by atomic mass is 10.1. The number of nitrogens with one attached hydrogen (secondary N) is 1. The Morgan fingerprint density at radius 3 is 2.86 bits per heavy atom. The van der Waals surface area contributed by atoms with Crippen LogP contribution < -0.4 is 5.32 Å². The molecule has 0 saturated carbocycles. The maximum atomic E-state index is 12.9. The molecule has 2 rings (SSSR count). The first kappa shape index (κ1) is 9.27. The molecule has 14 heavy (non-hydrogen) atoms. The molecule has 1 amide bonds. The van der Waals surface area contributed by atoms with Crippen molar-refractivity contribution in [3.05, 3.63) is 34.6 Å². The van der Waals surface area contributed by atoms with Crippen molar-refractivity contribution in [2.45, 2.75) is 6.04 Å². The zero-order valence-corrected chi connectivity index (χ0v) is 7.84. The summed E-state index contributed by atoms with van der Waals surface area (Å²) in [5, 5.41) is 2.84. The Balaban J connectivity index is 2.27. The van der Waals surface area contributed by atoms with E-state index in [1.165, 1.54) is 12.1 Å². The topological polar surface area (TPSA) is 38.3 Å². The first-order valence-corrected chi connectivity index (χ1v) is 4.42. The van der Waals surface area contributed by atoms with Crippen LogP contribution in [0.15, 0.2) is 18.2 Å². The molecule has 1 fully saturated rings. The van der Waals surface area contributed by atoms with Gasteiger partial charge in [0.2, 0.25) is 0 Å². The summed E-state index contributed by atoms with van der Waals surface area (Å²) in [6, 6.07) is 3.83. The van der Waals surface area contributed by atoms with Gasteiger partial charge in [0.05, 0.1) is 6.04 Å². The number of rotatable bonds is 1. The Morgan fingerprint density at radius 2 is 2.29 bits per heavy atom. The SMILES string of the molecule is O=C1N[C@H](c2cc(F)cc(Cl)c2)CO1. The van der Waals surface area contributed by atoms with Gasteiger partial charge in [-0.2, -0.15) is 0 Å². The molecule has 1 saturated heterocycles. The Bertz CT molecular complexity index is 363. The number of cyclic esters (lactones) is 1. The van der Waals surface area contributed by atoms with E-state index < -0.39 is 11.9 Å². The Morgan fingerprint density at radius 1 is 1.50 bits per heavy atom. The van der Waals surface area contributed by atoms with Gasteiger partial charge in [0.25, 0.3) is 0 Å². The van der Waals surface area contributed by atoms with Gasteiger partial charge in [0.1, 0.15) is 12.4 Å². The van der Waals surface area contributed by atoms with Gasteiger partial charge in [-0.25, -0.2) is 9.18 Å². The molecule has 0 spiro atoms. The first-order valence-electron chi connectivity index (χ1n) is 4.04. The lowest BCUT2D eigenvalue weighted by Gasteiger charge is -2.07. The van der Waals surface area contributed by atoms with Crippen LogP contribution in [0.5, 0.6) is 0 Å². The van der Waals surface area contributed by atoms with Crippen LogP contribution in [0.1, 0.15) is 11.6 Å². The van der Waals surface area contributed by atoms with Gasteiger partial charge in [0, 0.05) is 5.02 Å². The third kappa shape index (κ3) is 1.80. The van der Waals surface area contributed by atoms with Crippen molar-refractivity contribution in [2.75, 3.05) is 6.61 Å². The predicted molar refractivity (Wildman–Crippen MR) is 48.6 cm³/mol. The third-order valence-electron chi connectivity index (χ3n) is 1.96. The molecule has 1 aliphatic rings. The predicted octanol–water partition coefficient (Wildman–Crippen LogP) is 2.26. The molecule has 1 aromatic carbocycles. The normalized spacial score (nSPS) is 20.4. The zero-order chi connectivity index (χ0) is 10.1. The number of halogens is 2. The van der Waals surface area contributed by atoms with Crippen LogP contribution in [-0.4, -0.2) is 12.7 Å². The number of carbonyl (C=O) groups excluding carboxylic acids is 1. The van der Waals surface area contributed by atoms with Crippen LogP contribution in [0.25, 0.3) is 0 Å². The highest BCUT2D eigenvalue weighted by atomic mass is 35.5. The molecule has 1 atom stereocenters. The van der Waals surface area contributed by atoms with Crippen molar-refractivity contribution < 1.29 is 13.9 Å². The van der Waals surface area contributed by atoms with E-state index in [1.807, 2.05) is 0 Å². The smallest absolute Gasteiger partial charge is 0.407 e. The van der Waals surface area contributed by atoms with Gasteiger partial charge in [-0.15, -0.1) is 0 Å². The fraction of sp³-hybridized carbons (Fsp3) is 0.222. The lowest BCUT2D eigenvalue weighted by molar-refractivity contribution is 0.177. The average Bonchev–Trinajstić information content (AvgIpc) is 2.50. The van der Waals surface area contributed by atoms with Crippen LogP contribution in [0.4, 0.5) is 9.18 Å². The number of benzene rings is 1. The molecule has 0 bridgehead atoms. The fourth-order valence-corrected chi connectivity index (χ4v) is 1.57. The lowest BCUT2D eigenvalue weighted by Crippen LogP contribution is -2.18. The van der Waals surface area contributed by atoms with Crippen molar-refractivity contribution in [3.8, 4) is 0 Å². The van der Waals surface area contributed by atoms with Gasteiger partial charge in [-0.3, -0.25) is 0 Å². The molecule has 74 valence electrons. The Hall–Kier alpha value is -1.29. The van der Waals surface area contributed by atoms with Crippen molar-refractivity contribution in [1.29, 1.82) is 0 Å². The fourth-order valence-electron chi connectivity index (χ4n) is 1.34. The second-order valence-electron chi connectivity index (χ2n) is 3.00. The molecule has 3 nitrogen and oxygen atoms in total. The minimum absolute atomic E-state index is 0.207. The number of hydrogen-bond donors (Lipinski definition) is 1. The van der Waals surface area contributed by atoms with Gasteiger partial charge in [-0.05, 0) is 23.8 Å². The highest BCUT2D eigenvalue weighted by molar-refractivity contribution is 6.30. The van der Waals surface area contributed by atoms with Crippen molar-refractivity contribution in [2.24, 2.45) is 0 Å². The number of carbonyl (C=O) groups is 1. The summed E-state index contributed by atoms with van der Waals surface area (Å²) in [7, 11) is 0. The molecule has 1 aromatic rings. The van der Waals surface area contributed by atoms with E-state index in [-0.39, 0.29) is 12.6 Å². The van der Waals surface area contributed by atoms with Gasteiger partial charge in [0.15, 0.2) is 0 Å². The third-order valence-corrected chi connectivity index (χ3v) is 2.18. The highest BCUT2D eigenvalue weighted by Gasteiger charge is 2.24. The minimum Gasteiger partial charge on any atom is -0.447 e. The summed E-state index contributed by atoms with van der Waals surface area (Å²) >= 11 is 5.67. The van der Waals surface area contributed by atoms with Gasteiger partial charge in [-0.1, -0.05) is 11.6 Å². The molecule has 0 aliphatic carbocycles. The van der Waals surface area contributed by atoms with E-state index in [2.05, 4.69) is 10.1 Å². The van der Waals surface area contributed by atoms with Crippen LogP contribution >= 0.6 is 11.6 Å². The molecule has 1 N–H and O–H groups in total. The highest BCUT2D eigenvalue weighted by Crippen LogP contribution is 2.22. The van der Waals surface area contributed by atoms with E-state index in [1.54, 1.807) is 6.07 Å². The average molecular weight is 216 g/mol. The molecular formula is C9H7ClFNO2. The molecule has 0 unspecified atom stereocenters. The zero-order valence-electron chi connectivity index (χ0n) is 7.09. The second-order valence-corrected chi connectivity index (χ2v) is 3.43. The maximum absolute atomic E-state index is 12.9. The van der Waals surface area contributed by atoms with E-state index >= 15 is 0 Å². The van der Waals surface area contributed by atoms with Crippen LogP contribution in [0.3, 0.4) is 0 Å². The van der Waals surface area contributed by atoms with E-state index in [0.29, 0.717) is 10.6 Å². The van der Waals surface area contributed by atoms with Crippen LogP contribution in [0, 0.1) is 5.82 Å². The summed E-state index contributed by atoms with van der Waals surface area (Å²) in [6.45, 7) is 0.207. The monoisotopic (exact) mass is 215 g/mol. The largest absolute Gasteiger partial charge is 0.447 e. The van der Waals surface area contributed by atoms with E-state index in [0.717, 1.165) is 0 Å². The summed E-state index contributed by atoms with van der Waals surface area (Å²) < 4.78 is 17.6. The quantitative estimate of drug-likeness (QED) is 0.781. The second kappa shape index (κ2) is 3.46. The molecule has 1 aliphatic heterocycles. The molecule has 0 aromatic heterocycles. The minimum atomic E-state index is -0.490. The first-order chi connectivity index (χ1) is 6.65. The maximum Gasteiger partial charge on any atom is 0.407 e. The Kier molecular flexibility index (Phi) is 2.29. The molecular weight excluding hydrogens is 209 g/mol. The summed E-state index contributed by atoms with van der Waals surface area (Å²) in [5.41, 5.74) is 0.612. The Labute approximate surface area is 84.8 Å².